The number of rotatable bonds is 8. The van der Waals surface area contributed by atoms with Gasteiger partial charge in [0.25, 0.3) is 0 Å². The Kier molecular flexibility index (Phi) is 6.04. The summed E-state index contributed by atoms with van der Waals surface area (Å²) in [5.74, 6) is -1.94. The molecule has 0 bridgehead atoms. The predicted octanol–water partition coefficient (Wildman–Crippen LogP) is 5.80. The maximum Gasteiger partial charge on any atom is 0.323 e. The van der Waals surface area contributed by atoms with Crippen LogP contribution in [0.15, 0.2) is 64.5 Å². The van der Waals surface area contributed by atoms with Crippen molar-refractivity contribution in [1.82, 2.24) is 15.3 Å². The Balaban J connectivity index is 1.42. The average Bonchev–Trinajstić information content (AvgIpc) is 3.37. The van der Waals surface area contributed by atoms with E-state index < -0.39 is 11.7 Å². The number of ether oxygens (including phenoxy) is 1. The molecule has 0 fully saturated rings. The summed E-state index contributed by atoms with van der Waals surface area (Å²) in [6, 6.07) is 13.3. The summed E-state index contributed by atoms with van der Waals surface area (Å²) in [5, 5.41) is 17.2. The maximum atomic E-state index is 15.0. The van der Waals surface area contributed by atoms with Gasteiger partial charge in [-0.2, -0.15) is 9.50 Å². The molecule has 0 saturated carbocycles. The van der Waals surface area contributed by atoms with Gasteiger partial charge in [0.05, 0.1) is 16.7 Å². The highest BCUT2D eigenvalue weighted by Crippen LogP contribution is 2.37. The normalized spacial score (nSPS) is 16.8. The van der Waals surface area contributed by atoms with Crippen LogP contribution in [0.4, 0.5) is 25.8 Å². The van der Waals surface area contributed by atoms with E-state index in [1.807, 2.05) is 12.1 Å². The van der Waals surface area contributed by atoms with Gasteiger partial charge in [-0.15, -0.1) is 0 Å². The Morgan fingerprint density at radius 2 is 2.00 bits per heavy atom. The van der Waals surface area contributed by atoms with Gasteiger partial charge < -0.3 is 30.7 Å². The third-order valence-electron chi connectivity index (χ3n) is 5.97. The van der Waals surface area contributed by atoms with Crippen molar-refractivity contribution in [2.24, 2.45) is 5.11 Å². The lowest BCUT2D eigenvalue weighted by molar-refractivity contribution is -0.0234. The molecule has 1 aromatic heterocycles. The second-order valence-electron chi connectivity index (χ2n) is 8.85. The number of hydrogen-bond donors (Lipinski definition) is 6. The molecule has 9 nitrogen and oxygen atoms in total. The van der Waals surface area contributed by atoms with Gasteiger partial charge in [-0.3, -0.25) is 0 Å². The van der Waals surface area contributed by atoms with E-state index >= 15 is 0 Å². The summed E-state index contributed by atoms with van der Waals surface area (Å²) in [5.41, 5.74) is 11.4. The highest BCUT2D eigenvalue weighted by atomic mass is 19.2. The number of aromatic nitrogens is 2. The van der Waals surface area contributed by atoms with Gasteiger partial charge in [0, 0.05) is 48.6 Å². The van der Waals surface area contributed by atoms with E-state index in [2.05, 4.69) is 25.7 Å². The molecule has 188 valence electrons. The molecule has 1 atom stereocenters. The molecule has 4 aromatic rings. The Labute approximate surface area is 209 Å². The summed E-state index contributed by atoms with van der Waals surface area (Å²) in [7, 11) is 0. The fourth-order valence-electron chi connectivity index (χ4n) is 4.35. The van der Waals surface area contributed by atoms with E-state index in [4.69, 9.17) is 15.7 Å². The number of allylic oxidation sites excluding steroid dienone is 1. The van der Waals surface area contributed by atoms with E-state index in [1.165, 1.54) is 19.1 Å². The number of anilines is 2. The number of imidazole rings is 1. The Bertz CT molecular complexity index is 1620. The van der Waals surface area contributed by atoms with Crippen LogP contribution in [0.2, 0.25) is 0 Å². The Morgan fingerprint density at radius 3 is 2.78 bits per heavy atom. The van der Waals surface area contributed by atoms with E-state index in [1.54, 1.807) is 30.3 Å². The van der Waals surface area contributed by atoms with Crippen molar-refractivity contribution >= 4 is 40.0 Å². The fraction of sp³-hybridized carbons (Fsp3) is 0.154. The van der Waals surface area contributed by atoms with Gasteiger partial charge in [0.15, 0.2) is 5.82 Å². The standard InChI is InChI=1S/C26H23F2N7O2/c1-26(28)12-16-8-14(2-5-23(16)37-26)13-31-19(6-7-29)15-9-18(27)24(35-30)22(10-15)32-17-3-4-20-21(11-17)34-25(36)33-20/h2-11,29-32H,12-13H2,1H3,(H2,33,34,36)/b19-6-,29-7?,35-30?. The minimum atomic E-state index is -1.73. The van der Waals surface area contributed by atoms with Crippen LogP contribution in [-0.4, -0.2) is 22.0 Å². The highest BCUT2D eigenvalue weighted by Gasteiger charge is 2.34. The summed E-state index contributed by atoms with van der Waals surface area (Å²) >= 11 is 0. The molecule has 2 heterocycles. The second kappa shape index (κ2) is 9.34. The summed E-state index contributed by atoms with van der Waals surface area (Å²) in [6.45, 7) is 1.72. The largest absolute Gasteiger partial charge is 0.458 e. The number of nitrogens with one attached hydrogen (secondary N) is 6. The number of H-pyrrole nitrogens is 2. The van der Waals surface area contributed by atoms with Gasteiger partial charge in [-0.25, -0.2) is 14.7 Å². The quantitative estimate of drug-likeness (QED) is 0.133. The zero-order valence-electron chi connectivity index (χ0n) is 19.7. The van der Waals surface area contributed by atoms with Gasteiger partial charge >= 0.3 is 5.69 Å². The molecule has 0 spiro atoms. The molecule has 0 amide bonds. The first kappa shape index (κ1) is 23.9. The van der Waals surface area contributed by atoms with E-state index in [0.29, 0.717) is 40.3 Å². The minimum absolute atomic E-state index is 0.153. The number of alkyl halides is 1. The third-order valence-corrected chi connectivity index (χ3v) is 5.97. The SMILES string of the molecule is CC1(F)Cc2cc(CN/C(=C\C=N)c3cc(F)c(N=N)c(Nc4ccc5[nH]c(=O)[nH]c5c4)c3)ccc2O1. The van der Waals surface area contributed by atoms with Crippen molar-refractivity contribution in [3.05, 3.63) is 87.6 Å². The summed E-state index contributed by atoms with van der Waals surface area (Å²) in [6.07, 6.45) is 2.72. The molecular weight excluding hydrogens is 480 g/mol. The lowest BCUT2D eigenvalue weighted by atomic mass is 10.1. The van der Waals surface area contributed by atoms with Crippen molar-refractivity contribution in [3.63, 3.8) is 0 Å². The molecule has 6 N–H and O–H groups in total. The molecule has 5 rings (SSSR count). The van der Waals surface area contributed by atoms with Crippen molar-refractivity contribution in [2.75, 3.05) is 5.32 Å². The first-order chi connectivity index (χ1) is 17.7. The van der Waals surface area contributed by atoms with Crippen molar-refractivity contribution < 1.29 is 13.5 Å². The Hall–Kier alpha value is -4.80. The summed E-state index contributed by atoms with van der Waals surface area (Å²) in [4.78, 5) is 16.9. The van der Waals surface area contributed by atoms with Crippen LogP contribution < -0.4 is 21.1 Å². The Morgan fingerprint density at radius 1 is 1.19 bits per heavy atom. The molecular formula is C26H23F2N7O2. The molecule has 1 aliphatic heterocycles. The molecule has 0 aliphatic carbocycles. The first-order valence-electron chi connectivity index (χ1n) is 11.4. The molecule has 1 unspecified atom stereocenters. The number of benzene rings is 3. The number of halogens is 2. The van der Waals surface area contributed by atoms with Crippen LogP contribution >= 0.6 is 0 Å². The molecule has 0 saturated heterocycles. The molecule has 1 aliphatic rings. The van der Waals surface area contributed by atoms with Crippen LogP contribution in [-0.2, 0) is 13.0 Å². The average molecular weight is 504 g/mol. The van der Waals surface area contributed by atoms with Crippen LogP contribution in [0.25, 0.3) is 16.7 Å². The number of aromatic amines is 2. The molecule has 37 heavy (non-hydrogen) atoms. The van der Waals surface area contributed by atoms with Crippen LogP contribution in [0.5, 0.6) is 5.75 Å². The lowest BCUT2D eigenvalue weighted by Crippen LogP contribution is -2.22. The van der Waals surface area contributed by atoms with Gasteiger partial charge in [0.2, 0.25) is 5.85 Å². The maximum absolute atomic E-state index is 15.0. The van der Waals surface area contributed by atoms with Crippen LogP contribution in [0.3, 0.4) is 0 Å². The number of fused-ring (bicyclic) bond motifs is 2. The smallest absolute Gasteiger partial charge is 0.323 e. The number of nitrogens with zero attached hydrogens (tertiary/aromatic N) is 1. The lowest BCUT2D eigenvalue weighted by Gasteiger charge is -2.16. The van der Waals surface area contributed by atoms with Crippen molar-refractivity contribution in [3.8, 4) is 5.75 Å². The van der Waals surface area contributed by atoms with Crippen molar-refractivity contribution in [2.45, 2.75) is 25.7 Å². The van der Waals surface area contributed by atoms with Crippen molar-refractivity contribution in [1.29, 1.82) is 10.9 Å². The first-order valence-corrected chi connectivity index (χ1v) is 11.4. The van der Waals surface area contributed by atoms with E-state index in [9.17, 15) is 13.6 Å². The zero-order chi connectivity index (χ0) is 26.2. The van der Waals surface area contributed by atoms with Gasteiger partial charge in [-0.1, -0.05) is 12.1 Å². The topological polar surface area (TPSA) is 142 Å². The molecule has 3 aromatic carbocycles. The minimum Gasteiger partial charge on any atom is -0.458 e. The monoisotopic (exact) mass is 503 g/mol. The number of hydrogen-bond acceptors (Lipinski definition) is 7. The molecule has 0 radical (unpaired) electrons. The van der Waals surface area contributed by atoms with Crippen LogP contribution in [0.1, 0.15) is 23.6 Å². The second-order valence-corrected chi connectivity index (χ2v) is 8.85. The molecule has 11 heteroatoms. The predicted molar refractivity (Wildman–Crippen MR) is 137 cm³/mol. The van der Waals surface area contributed by atoms with E-state index in [0.717, 1.165) is 17.3 Å². The highest BCUT2D eigenvalue weighted by molar-refractivity contribution is 5.86. The van der Waals surface area contributed by atoms with Gasteiger partial charge in [0.1, 0.15) is 11.4 Å². The fourth-order valence-corrected chi connectivity index (χ4v) is 4.35. The van der Waals surface area contributed by atoms with Crippen LogP contribution in [0, 0.1) is 16.8 Å². The van der Waals surface area contributed by atoms with Gasteiger partial charge in [-0.05, 0) is 48.0 Å². The van der Waals surface area contributed by atoms with E-state index in [-0.39, 0.29) is 23.5 Å². The zero-order valence-corrected chi connectivity index (χ0v) is 19.7. The third kappa shape index (κ3) is 4.96. The summed E-state index contributed by atoms with van der Waals surface area (Å²) < 4.78 is 34.5.